The van der Waals surface area contributed by atoms with Crippen molar-refractivity contribution in [2.24, 2.45) is 0 Å². The molecule has 5 heteroatoms. The lowest BCUT2D eigenvalue weighted by Gasteiger charge is -2.26. The Hall–Kier alpha value is -1.65. The number of piperidine rings is 1. The number of hydrogen-bond donors (Lipinski definition) is 1. The highest BCUT2D eigenvalue weighted by Crippen LogP contribution is 2.11. The molecule has 104 valence electrons. The van der Waals surface area contributed by atoms with E-state index in [2.05, 4.69) is 9.97 Å². The van der Waals surface area contributed by atoms with Gasteiger partial charge in [0.05, 0.1) is 0 Å². The second-order valence-corrected chi connectivity index (χ2v) is 5.16. The summed E-state index contributed by atoms with van der Waals surface area (Å²) in [5.41, 5.74) is 1.25. The van der Waals surface area contributed by atoms with Crippen LogP contribution in [-0.2, 0) is 11.2 Å². The second kappa shape index (κ2) is 5.99. The monoisotopic (exact) mass is 263 g/mol. The molecule has 0 radical (unpaired) electrons. The van der Waals surface area contributed by atoms with Crippen LogP contribution in [0.5, 0.6) is 0 Å². The number of aryl methyl sites for hydroxylation is 2. The number of likely N-dealkylation sites (tertiary alicyclic amines) is 1. The Balaban J connectivity index is 1.99. The molecule has 5 nitrogen and oxygen atoms in total. The first-order chi connectivity index (χ1) is 9.08. The van der Waals surface area contributed by atoms with Gasteiger partial charge in [0, 0.05) is 30.8 Å². The van der Waals surface area contributed by atoms with Gasteiger partial charge in [0.25, 0.3) is 5.56 Å². The lowest BCUT2D eigenvalue weighted by molar-refractivity contribution is -0.132. The Kier molecular flexibility index (Phi) is 4.35. The zero-order valence-electron chi connectivity index (χ0n) is 11.7. The van der Waals surface area contributed by atoms with Gasteiger partial charge in [-0.25, -0.2) is 4.98 Å². The van der Waals surface area contributed by atoms with E-state index in [4.69, 9.17) is 0 Å². The van der Waals surface area contributed by atoms with E-state index in [-0.39, 0.29) is 11.5 Å². The number of rotatable bonds is 3. The lowest BCUT2D eigenvalue weighted by atomic mass is 10.1. The van der Waals surface area contributed by atoms with Crippen LogP contribution in [-0.4, -0.2) is 33.9 Å². The van der Waals surface area contributed by atoms with E-state index in [9.17, 15) is 9.59 Å². The largest absolute Gasteiger partial charge is 0.343 e. The summed E-state index contributed by atoms with van der Waals surface area (Å²) in [5, 5.41) is 0. The number of aromatic amines is 1. The molecule has 1 amide bonds. The molecule has 2 rings (SSSR count). The van der Waals surface area contributed by atoms with Crippen molar-refractivity contribution in [1.82, 2.24) is 14.9 Å². The molecular weight excluding hydrogens is 242 g/mol. The second-order valence-electron chi connectivity index (χ2n) is 5.16. The predicted octanol–water partition coefficient (Wildman–Crippen LogP) is 1.33. The summed E-state index contributed by atoms with van der Waals surface area (Å²) in [6, 6.07) is 0. The van der Waals surface area contributed by atoms with Crippen molar-refractivity contribution in [1.29, 1.82) is 0 Å². The molecule has 1 N–H and O–H groups in total. The topological polar surface area (TPSA) is 66.1 Å². The Morgan fingerprint density at radius 1 is 1.26 bits per heavy atom. The maximum Gasteiger partial charge on any atom is 0.254 e. The van der Waals surface area contributed by atoms with Gasteiger partial charge in [-0.2, -0.15) is 0 Å². The average Bonchev–Trinajstić information content (AvgIpc) is 2.38. The molecule has 1 aliphatic heterocycles. The minimum absolute atomic E-state index is 0.114. The molecule has 1 fully saturated rings. The summed E-state index contributed by atoms with van der Waals surface area (Å²) < 4.78 is 0. The third kappa shape index (κ3) is 3.43. The van der Waals surface area contributed by atoms with Crippen LogP contribution in [0.15, 0.2) is 4.79 Å². The van der Waals surface area contributed by atoms with E-state index in [1.807, 2.05) is 11.8 Å². The SMILES string of the molecule is Cc1nc(C)c(CCC(=O)N2CCCCC2)c(=O)[nH]1. The third-order valence-electron chi connectivity index (χ3n) is 3.64. The molecule has 2 heterocycles. The zero-order chi connectivity index (χ0) is 13.8. The number of H-pyrrole nitrogens is 1. The molecule has 0 aromatic carbocycles. The first-order valence-corrected chi connectivity index (χ1v) is 6.92. The van der Waals surface area contributed by atoms with Crippen molar-refractivity contribution >= 4 is 5.91 Å². The molecule has 1 saturated heterocycles. The van der Waals surface area contributed by atoms with Gasteiger partial charge in [-0.1, -0.05) is 0 Å². The van der Waals surface area contributed by atoms with Crippen molar-refractivity contribution in [3.63, 3.8) is 0 Å². The standard InChI is InChI=1S/C14H21N3O2/c1-10-12(14(19)16-11(2)15-10)6-7-13(18)17-8-4-3-5-9-17/h3-9H2,1-2H3,(H,15,16,19). The molecule has 0 unspecified atom stereocenters. The van der Waals surface area contributed by atoms with Crippen LogP contribution in [0.3, 0.4) is 0 Å². The van der Waals surface area contributed by atoms with Gasteiger partial charge in [0.1, 0.15) is 5.82 Å². The summed E-state index contributed by atoms with van der Waals surface area (Å²) >= 11 is 0. The Morgan fingerprint density at radius 3 is 2.58 bits per heavy atom. The van der Waals surface area contributed by atoms with Crippen LogP contribution in [0.1, 0.15) is 42.8 Å². The number of nitrogens with zero attached hydrogens (tertiary/aromatic N) is 2. The lowest BCUT2D eigenvalue weighted by Crippen LogP contribution is -2.36. The van der Waals surface area contributed by atoms with E-state index in [1.54, 1.807) is 6.92 Å². The maximum atomic E-state index is 12.1. The molecule has 0 atom stereocenters. The van der Waals surface area contributed by atoms with Crippen molar-refractivity contribution in [3.05, 3.63) is 27.4 Å². The van der Waals surface area contributed by atoms with Gasteiger partial charge in [-0.15, -0.1) is 0 Å². The Labute approximate surface area is 113 Å². The summed E-state index contributed by atoms with van der Waals surface area (Å²) in [7, 11) is 0. The van der Waals surface area contributed by atoms with Gasteiger partial charge in [0.2, 0.25) is 5.91 Å². The number of nitrogens with one attached hydrogen (secondary N) is 1. The molecule has 0 saturated carbocycles. The van der Waals surface area contributed by atoms with Gasteiger partial charge >= 0.3 is 0 Å². The van der Waals surface area contributed by atoms with Crippen molar-refractivity contribution < 1.29 is 4.79 Å². The number of amides is 1. The molecular formula is C14H21N3O2. The average molecular weight is 263 g/mol. The molecule has 1 aromatic rings. The van der Waals surface area contributed by atoms with E-state index in [0.29, 0.717) is 24.2 Å². The summed E-state index contributed by atoms with van der Waals surface area (Å²) in [4.78, 5) is 32.7. The first-order valence-electron chi connectivity index (χ1n) is 6.92. The number of aromatic nitrogens is 2. The van der Waals surface area contributed by atoms with E-state index in [0.717, 1.165) is 31.6 Å². The molecule has 19 heavy (non-hydrogen) atoms. The van der Waals surface area contributed by atoms with Crippen LogP contribution < -0.4 is 5.56 Å². The smallest absolute Gasteiger partial charge is 0.254 e. The van der Waals surface area contributed by atoms with Crippen LogP contribution in [0.25, 0.3) is 0 Å². The van der Waals surface area contributed by atoms with Gasteiger partial charge in [-0.3, -0.25) is 9.59 Å². The van der Waals surface area contributed by atoms with E-state index >= 15 is 0 Å². The minimum atomic E-state index is -0.114. The van der Waals surface area contributed by atoms with E-state index < -0.39 is 0 Å². The first kappa shape index (κ1) is 13.8. The van der Waals surface area contributed by atoms with Crippen LogP contribution in [0.2, 0.25) is 0 Å². The van der Waals surface area contributed by atoms with Crippen molar-refractivity contribution in [2.75, 3.05) is 13.1 Å². The summed E-state index contributed by atoms with van der Waals surface area (Å²) in [5.74, 6) is 0.771. The third-order valence-corrected chi connectivity index (χ3v) is 3.64. The van der Waals surface area contributed by atoms with Crippen LogP contribution in [0, 0.1) is 13.8 Å². The van der Waals surface area contributed by atoms with Crippen LogP contribution in [0.4, 0.5) is 0 Å². The highest BCUT2D eigenvalue weighted by molar-refractivity contribution is 5.76. The fourth-order valence-electron chi connectivity index (χ4n) is 2.58. The quantitative estimate of drug-likeness (QED) is 0.894. The van der Waals surface area contributed by atoms with Gasteiger partial charge in [0.15, 0.2) is 0 Å². The molecule has 0 spiro atoms. The van der Waals surface area contributed by atoms with Crippen LogP contribution >= 0.6 is 0 Å². The van der Waals surface area contributed by atoms with Crippen molar-refractivity contribution in [3.8, 4) is 0 Å². The van der Waals surface area contributed by atoms with Gasteiger partial charge in [-0.05, 0) is 39.5 Å². The predicted molar refractivity (Wildman–Crippen MR) is 73.1 cm³/mol. The highest BCUT2D eigenvalue weighted by Gasteiger charge is 2.17. The summed E-state index contributed by atoms with van der Waals surface area (Å²) in [6.07, 6.45) is 4.28. The normalized spacial score (nSPS) is 15.6. The van der Waals surface area contributed by atoms with Crippen molar-refractivity contribution in [2.45, 2.75) is 46.0 Å². The zero-order valence-corrected chi connectivity index (χ0v) is 11.7. The number of carbonyl (C=O) groups is 1. The summed E-state index contributed by atoms with van der Waals surface area (Å²) in [6.45, 7) is 5.31. The Bertz CT molecular complexity index is 516. The van der Waals surface area contributed by atoms with E-state index in [1.165, 1.54) is 6.42 Å². The fourth-order valence-corrected chi connectivity index (χ4v) is 2.58. The fraction of sp³-hybridized carbons (Fsp3) is 0.643. The Morgan fingerprint density at radius 2 is 1.95 bits per heavy atom. The maximum absolute atomic E-state index is 12.1. The highest BCUT2D eigenvalue weighted by atomic mass is 16.2. The molecule has 0 aliphatic carbocycles. The number of hydrogen-bond acceptors (Lipinski definition) is 3. The number of carbonyl (C=O) groups excluding carboxylic acids is 1. The molecule has 0 bridgehead atoms. The van der Waals surface area contributed by atoms with Gasteiger partial charge < -0.3 is 9.88 Å². The molecule has 1 aliphatic rings. The molecule has 1 aromatic heterocycles. The minimum Gasteiger partial charge on any atom is -0.343 e.